The summed E-state index contributed by atoms with van der Waals surface area (Å²) in [6.45, 7) is 7.94. The number of nitrogens with zero attached hydrogens (tertiary/aromatic N) is 3. The summed E-state index contributed by atoms with van der Waals surface area (Å²) in [6, 6.07) is 16.7. The number of aliphatic imine (C=N–C) groups is 1. The van der Waals surface area contributed by atoms with E-state index in [0.717, 1.165) is 51.0 Å². The van der Waals surface area contributed by atoms with E-state index >= 15 is 0 Å². The van der Waals surface area contributed by atoms with Gasteiger partial charge in [-0.1, -0.05) is 24.3 Å². The molecule has 164 valence electrons. The third-order valence-corrected chi connectivity index (χ3v) is 5.25. The van der Waals surface area contributed by atoms with Gasteiger partial charge in [0.15, 0.2) is 5.96 Å². The van der Waals surface area contributed by atoms with Crippen LogP contribution in [0, 0.1) is 0 Å². The van der Waals surface area contributed by atoms with Gasteiger partial charge in [0, 0.05) is 52.1 Å². The van der Waals surface area contributed by atoms with Crippen LogP contribution in [-0.4, -0.2) is 57.8 Å². The first kappa shape index (κ1) is 24.3. The summed E-state index contributed by atoms with van der Waals surface area (Å²) in [4.78, 5) is 9.23. The van der Waals surface area contributed by atoms with Crippen LogP contribution in [0.2, 0.25) is 0 Å². The maximum Gasteiger partial charge on any atom is 0.194 e. The Balaban J connectivity index is 0.00000320. The normalized spacial score (nSPS) is 14.3. The summed E-state index contributed by atoms with van der Waals surface area (Å²) in [5, 5.41) is 3.53. The molecule has 7 heteroatoms. The Morgan fingerprint density at radius 3 is 2.27 bits per heavy atom. The maximum absolute atomic E-state index is 5.60. The van der Waals surface area contributed by atoms with E-state index in [4.69, 9.17) is 9.47 Å². The van der Waals surface area contributed by atoms with Crippen LogP contribution in [0.3, 0.4) is 0 Å². The molecule has 0 atom stereocenters. The Morgan fingerprint density at radius 2 is 1.67 bits per heavy atom. The van der Waals surface area contributed by atoms with Gasteiger partial charge in [0.25, 0.3) is 0 Å². The minimum Gasteiger partial charge on any atom is -0.497 e. The van der Waals surface area contributed by atoms with Crippen LogP contribution in [0.25, 0.3) is 0 Å². The molecule has 1 aliphatic rings. The molecule has 1 aliphatic heterocycles. The molecule has 1 heterocycles. The minimum absolute atomic E-state index is 0. The molecule has 0 saturated carbocycles. The lowest BCUT2D eigenvalue weighted by atomic mass is 10.1. The molecule has 0 aliphatic carbocycles. The summed E-state index contributed by atoms with van der Waals surface area (Å²) in [6.07, 6.45) is 0. The quantitative estimate of drug-likeness (QED) is 0.340. The van der Waals surface area contributed by atoms with Gasteiger partial charge < -0.3 is 24.6 Å². The number of methoxy groups -OCH3 is 1. The second-order valence-electron chi connectivity index (χ2n) is 6.98. The molecule has 0 aromatic heterocycles. The predicted molar refractivity (Wildman–Crippen MR) is 134 cm³/mol. The summed E-state index contributed by atoms with van der Waals surface area (Å²) in [5.41, 5.74) is 3.71. The van der Waals surface area contributed by atoms with Gasteiger partial charge in [0.05, 0.1) is 13.7 Å². The first-order valence-electron chi connectivity index (χ1n) is 10.2. The number of hydrogen-bond acceptors (Lipinski definition) is 4. The van der Waals surface area contributed by atoms with Crippen LogP contribution in [0.5, 0.6) is 5.75 Å². The zero-order valence-corrected chi connectivity index (χ0v) is 20.5. The van der Waals surface area contributed by atoms with E-state index in [9.17, 15) is 0 Å². The molecule has 0 amide bonds. The highest BCUT2D eigenvalue weighted by atomic mass is 127. The molecule has 0 spiro atoms. The first-order chi connectivity index (χ1) is 14.2. The zero-order chi connectivity index (χ0) is 20.5. The highest BCUT2D eigenvalue weighted by Gasteiger charge is 2.20. The fraction of sp³-hybridized carbons (Fsp3) is 0.435. The van der Waals surface area contributed by atoms with Crippen molar-refractivity contribution in [1.29, 1.82) is 0 Å². The molecule has 0 radical (unpaired) electrons. The molecule has 1 saturated heterocycles. The smallest absolute Gasteiger partial charge is 0.194 e. The van der Waals surface area contributed by atoms with Crippen LogP contribution in [-0.2, 0) is 17.9 Å². The monoisotopic (exact) mass is 524 g/mol. The number of halogens is 1. The van der Waals surface area contributed by atoms with Crippen molar-refractivity contribution in [3.05, 3.63) is 59.7 Å². The van der Waals surface area contributed by atoms with E-state index in [-0.39, 0.29) is 24.0 Å². The number of ether oxygens (including phenoxy) is 2. The van der Waals surface area contributed by atoms with Crippen LogP contribution in [0.15, 0.2) is 53.5 Å². The second-order valence-corrected chi connectivity index (χ2v) is 6.98. The Morgan fingerprint density at radius 1 is 1.00 bits per heavy atom. The van der Waals surface area contributed by atoms with E-state index in [0.29, 0.717) is 6.61 Å². The number of rotatable bonds is 7. The van der Waals surface area contributed by atoms with Crippen LogP contribution >= 0.6 is 24.0 Å². The van der Waals surface area contributed by atoms with Gasteiger partial charge in [0.1, 0.15) is 5.75 Å². The Hall–Kier alpha value is -2.00. The second kappa shape index (κ2) is 12.6. The van der Waals surface area contributed by atoms with Crippen molar-refractivity contribution >= 4 is 35.6 Å². The molecule has 1 N–H and O–H groups in total. The van der Waals surface area contributed by atoms with Crippen LogP contribution in [0.1, 0.15) is 18.1 Å². The number of nitrogens with one attached hydrogen (secondary N) is 1. The number of guanidine groups is 1. The summed E-state index contributed by atoms with van der Waals surface area (Å²) < 4.78 is 10.9. The van der Waals surface area contributed by atoms with E-state index in [1.54, 1.807) is 7.11 Å². The molecule has 2 aromatic carbocycles. The molecule has 2 aromatic rings. The lowest BCUT2D eigenvalue weighted by molar-refractivity contribution is 0.133. The summed E-state index contributed by atoms with van der Waals surface area (Å²) in [7, 11) is 3.55. The van der Waals surface area contributed by atoms with Crippen LogP contribution < -0.4 is 15.0 Å². The summed E-state index contributed by atoms with van der Waals surface area (Å²) in [5.74, 6) is 1.84. The molecule has 0 bridgehead atoms. The average Bonchev–Trinajstić information content (AvgIpc) is 2.79. The van der Waals surface area contributed by atoms with Gasteiger partial charge in [-0.2, -0.15) is 0 Å². The van der Waals surface area contributed by atoms with Crippen molar-refractivity contribution < 1.29 is 9.47 Å². The Bertz CT molecular complexity index is 790. The predicted octanol–water partition coefficient (Wildman–Crippen LogP) is 3.75. The van der Waals surface area contributed by atoms with Gasteiger partial charge in [-0.3, -0.25) is 4.99 Å². The third-order valence-electron chi connectivity index (χ3n) is 5.25. The molecule has 3 rings (SSSR count). The molecule has 1 fully saturated rings. The Kier molecular flexibility index (Phi) is 10.2. The number of hydrogen-bond donors (Lipinski definition) is 1. The minimum atomic E-state index is 0. The standard InChI is InChI=1S/C23H32N4O2.HI/c1-4-29-18-20-8-6-5-7-19(20)17-25-23(24-2)27-15-13-26(14-16-27)21-9-11-22(28-3)12-10-21;/h5-12H,4,13-18H2,1-3H3,(H,24,25);1H. The molecule has 0 unspecified atom stereocenters. The number of benzene rings is 2. The van der Waals surface area contributed by atoms with Gasteiger partial charge in [-0.15, -0.1) is 24.0 Å². The molecule has 30 heavy (non-hydrogen) atoms. The number of anilines is 1. The van der Waals surface area contributed by atoms with Crippen molar-refractivity contribution in [3.8, 4) is 5.75 Å². The van der Waals surface area contributed by atoms with Crippen LogP contribution in [0.4, 0.5) is 5.69 Å². The lowest BCUT2D eigenvalue weighted by Crippen LogP contribution is -2.52. The fourth-order valence-corrected chi connectivity index (χ4v) is 3.56. The SMILES string of the molecule is CCOCc1ccccc1CNC(=NC)N1CCN(c2ccc(OC)cc2)CC1.I. The molecular formula is C23H33IN4O2. The highest BCUT2D eigenvalue weighted by Crippen LogP contribution is 2.20. The van der Waals surface area contributed by atoms with Crippen molar-refractivity contribution in [2.75, 3.05) is 51.8 Å². The van der Waals surface area contributed by atoms with E-state index in [2.05, 4.69) is 56.5 Å². The average molecular weight is 524 g/mol. The maximum atomic E-state index is 5.60. The Labute approximate surface area is 197 Å². The van der Waals surface area contributed by atoms with Gasteiger partial charge in [-0.05, 0) is 42.3 Å². The topological polar surface area (TPSA) is 49.3 Å². The largest absolute Gasteiger partial charge is 0.497 e. The highest BCUT2D eigenvalue weighted by molar-refractivity contribution is 14.0. The third kappa shape index (κ3) is 6.50. The molecule has 6 nitrogen and oxygen atoms in total. The van der Waals surface area contributed by atoms with Crippen molar-refractivity contribution in [1.82, 2.24) is 10.2 Å². The summed E-state index contributed by atoms with van der Waals surface area (Å²) >= 11 is 0. The number of piperazine rings is 1. The van der Waals surface area contributed by atoms with Crippen molar-refractivity contribution in [3.63, 3.8) is 0 Å². The van der Waals surface area contributed by atoms with Gasteiger partial charge in [0.2, 0.25) is 0 Å². The van der Waals surface area contributed by atoms with Crippen molar-refractivity contribution in [2.24, 2.45) is 4.99 Å². The van der Waals surface area contributed by atoms with E-state index in [1.165, 1.54) is 16.8 Å². The fourth-order valence-electron chi connectivity index (χ4n) is 3.56. The van der Waals surface area contributed by atoms with E-state index < -0.39 is 0 Å². The van der Waals surface area contributed by atoms with Gasteiger partial charge in [-0.25, -0.2) is 0 Å². The van der Waals surface area contributed by atoms with Crippen molar-refractivity contribution in [2.45, 2.75) is 20.1 Å². The molecular weight excluding hydrogens is 491 g/mol. The first-order valence-corrected chi connectivity index (χ1v) is 10.2. The van der Waals surface area contributed by atoms with E-state index in [1.807, 2.05) is 26.1 Å². The lowest BCUT2D eigenvalue weighted by Gasteiger charge is -2.37. The zero-order valence-electron chi connectivity index (χ0n) is 18.1. The van der Waals surface area contributed by atoms with Gasteiger partial charge >= 0.3 is 0 Å².